The molecule has 2 unspecified atom stereocenters. The number of carbonyl (C=O) groups is 1. The number of amides is 1. The van der Waals surface area contributed by atoms with Crippen LogP contribution in [0.25, 0.3) is 0 Å². The third-order valence-corrected chi connectivity index (χ3v) is 3.57. The highest BCUT2D eigenvalue weighted by atomic mass is 16.5. The van der Waals surface area contributed by atoms with Crippen molar-refractivity contribution in [2.75, 3.05) is 18.6 Å². The molecule has 0 saturated carbocycles. The van der Waals surface area contributed by atoms with Crippen LogP contribution in [-0.4, -0.2) is 30.7 Å². The average molecular weight is 264 g/mol. The molecule has 1 aromatic carbocycles. The summed E-state index contributed by atoms with van der Waals surface area (Å²) in [7, 11) is 1.57. The number of rotatable bonds is 4. The lowest BCUT2D eigenvalue weighted by Gasteiger charge is -2.28. The summed E-state index contributed by atoms with van der Waals surface area (Å²) in [6, 6.07) is 5.26. The van der Waals surface area contributed by atoms with Crippen LogP contribution in [0.4, 0.5) is 5.69 Å². The molecule has 1 fully saturated rings. The monoisotopic (exact) mass is 264 g/mol. The van der Waals surface area contributed by atoms with E-state index >= 15 is 0 Å². The minimum atomic E-state index is -0.666. The van der Waals surface area contributed by atoms with E-state index in [1.165, 1.54) is 0 Å². The smallest absolute Gasteiger partial charge is 0.240 e. The molecule has 3 N–H and O–H groups in total. The maximum absolute atomic E-state index is 11.5. The molecule has 1 aliphatic heterocycles. The summed E-state index contributed by atoms with van der Waals surface area (Å²) < 4.78 is 5.30. The lowest BCUT2D eigenvalue weighted by molar-refractivity contribution is -0.119. The Hall–Kier alpha value is -1.75. The number of primary amides is 1. The average Bonchev–Trinajstić information content (AvgIpc) is 2.86. The second-order valence-electron chi connectivity index (χ2n) is 4.82. The van der Waals surface area contributed by atoms with Gasteiger partial charge in [0.05, 0.1) is 13.2 Å². The van der Waals surface area contributed by atoms with Crippen LogP contribution in [0.2, 0.25) is 0 Å². The van der Waals surface area contributed by atoms with Crippen LogP contribution in [-0.2, 0) is 4.79 Å². The molecule has 0 aromatic heterocycles. The molecule has 1 heterocycles. The Morgan fingerprint density at radius 1 is 1.58 bits per heavy atom. The van der Waals surface area contributed by atoms with Crippen LogP contribution < -0.4 is 15.4 Å². The third-order valence-electron chi connectivity index (χ3n) is 3.57. The van der Waals surface area contributed by atoms with Gasteiger partial charge in [0, 0.05) is 17.8 Å². The number of nitrogens with two attached hydrogens (primary N) is 1. The molecule has 104 valence electrons. The number of aliphatic hydroxyl groups excluding tert-OH is 1. The number of anilines is 1. The third kappa shape index (κ3) is 2.51. The number of carbonyl (C=O) groups excluding carboxylic acids is 1. The van der Waals surface area contributed by atoms with Gasteiger partial charge in [-0.05, 0) is 31.9 Å². The number of hydrogen-bond donors (Lipinski definition) is 2. The highest BCUT2D eigenvalue weighted by Crippen LogP contribution is 2.37. The first-order chi connectivity index (χ1) is 9.06. The quantitative estimate of drug-likeness (QED) is 0.857. The van der Waals surface area contributed by atoms with Gasteiger partial charge in [-0.1, -0.05) is 6.07 Å². The molecule has 1 saturated heterocycles. The molecule has 0 radical (unpaired) electrons. The Morgan fingerprint density at radius 3 is 2.89 bits per heavy atom. The molecule has 5 nitrogen and oxygen atoms in total. The van der Waals surface area contributed by atoms with Crippen LogP contribution in [0.1, 0.15) is 31.4 Å². The molecule has 1 aliphatic rings. The molecule has 1 amide bonds. The standard InChI is InChI=1S/C14H20N2O3/c1-9(17)13-10(5-3-7-12(13)19-2)16-8-4-6-11(16)14(15)18/h3,5,7,9,11,17H,4,6,8H2,1-2H3,(H2,15,18). The number of methoxy groups -OCH3 is 1. The molecular weight excluding hydrogens is 244 g/mol. The van der Waals surface area contributed by atoms with Crippen molar-refractivity contribution < 1.29 is 14.6 Å². The van der Waals surface area contributed by atoms with E-state index in [1.54, 1.807) is 20.1 Å². The summed E-state index contributed by atoms with van der Waals surface area (Å²) in [5.74, 6) is 0.305. The molecule has 2 rings (SSSR count). The Kier molecular flexibility index (Phi) is 3.95. The van der Waals surface area contributed by atoms with E-state index in [0.717, 1.165) is 25.1 Å². The normalized spacial score (nSPS) is 20.4. The molecule has 0 spiro atoms. The molecule has 2 atom stereocenters. The van der Waals surface area contributed by atoms with Gasteiger partial charge in [-0.3, -0.25) is 4.79 Å². The number of ether oxygens (including phenoxy) is 1. The SMILES string of the molecule is COc1cccc(N2CCCC2C(N)=O)c1C(C)O. The zero-order valence-corrected chi connectivity index (χ0v) is 11.3. The van der Waals surface area contributed by atoms with E-state index in [-0.39, 0.29) is 11.9 Å². The van der Waals surface area contributed by atoms with E-state index in [9.17, 15) is 9.90 Å². The lowest BCUT2D eigenvalue weighted by atomic mass is 10.0. The van der Waals surface area contributed by atoms with Crippen LogP contribution in [0, 0.1) is 0 Å². The van der Waals surface area contributed by atoms with Crippen molar-refractivity contribution in [3.05, 3.63) is 23.8 Å². The van der Waals surface area contributed by atoms with Gasteiger partial charge < -0.3 is 20.5 Å². The van der Waals surface area contributed by atoms with Crippen molar-refractivity contribution in [3.63, 3.8) is 0 Å². The maximum Gasteiger partial charge on any atom is 0.240 e. The fourth-order valence-electron chi connectivity index (χ4n) is 2.73. The number of benzene rings is 1. The summed E-state index contributed by atoms with van der Waals surface area (Å²) in [5.41, 5.74) is 6.98. The Morgan fingerprint density at radius 2 is 2.32 bits per heavy atom. The first kappa shape index (κ1) is 13.7. The van der Waals surface area contributed by atoms with Gasteiger partial charge in [0.15, 0.2) is 0 Å². The van der Waals surface area contributed by atoms with Gasteiger partial charge >= 0.3 is 0 Å². The zero-order chi connectivity index (χ0) is 14.0. The van der Waals surface area contributed by atoms with E-state index in [0.29, 0.717) is 11.3 Å². The minimum Gasteiger partial charge on any atom is -0.496 e. The van der Waals surface area contributed by atoms with E-state index in [4.69, 9.17) is 10.5 Å². The number of nitrogens with zero attached hydrogens (tertiary/aromatic N) is 1. The van der Waals surface area contributed by atoms with Gasteiger partial charge in [0.25, 0.3) is 0 Å². The minimum absolute atomic E-state index is 0.301. The van der Waals surface area contributed by atoms with Gasteiger partial charge in [0.2, 0.25) is 5.91 Å². The van der Waals surface area contributed by atoms with Gasteiger partial charge in [0.1, 0.15) is 11.8 Å². The summed E-state index contributed by atoms with van der Waals surface area (Å²) in [4.78, 5) is 13.5. The van der Waals surface area contributed by atoms with Crippen LogP contribution in [0.3, 0.4) is 0 Å². The second-order valence-corrected chi connectivity index (χ2v) is 4.82. The predicted molar refractivity (Wildman–Crippen MR) is 73.2 cm³/mol. The molecule has 1 aromatic rings. The maximum atomic E-state index is 11.5. The molecule has 0 bridgehead atoms. The summed E-state index contributed by atoms with van der Waals surface area (Å²) >= 11 is 0. The largest absolute Gasteiger partial charge is 0.496 e. The van der Waals surface area contributed by atoms with E-state index in [1.807, 2.05) is 17.0 Å². The molecule has 0 aliphatic carbocycles. The van der Waals surface area contributed by atoms with Gasteiger partial charge in [-0.15, -0.1) is 0 Å². The van der Waals surface area contributed by atoms with Crippen molar-refractivity contribution in [3.8, 4) is 5.75 Å². The Labute approximate surface area is 113 Å². The fourth-order valence-corrected chi connectivity index (χ4v) is 2.73. The van der Waals surface area contributed by atoms with Crippen molar-refractivity contribution in [1.82, 2.24) is 0 Å². The molecular formula is C14H20N2O3. The lowest BCUT2D eigenvalue weighted by Crippen LogP contribution is -2.40. The van der Waals surface area contributed by atoms with E-state index in [2.05, 4.69) is 0 Å². The van der Waals surface area contributed by atoms with Crippen LogP contribution in [0.15, 0.2) is 18.2 Å². The van der Waals surface area contributed by atoms with Crippen molar-refractivity contribution in [2.24, 2.45) is 5.73 Å². The van der Waals surface area contributed by atoms with E-state index < -0.39 is 6.10 Å². The van der Waals surface area contributed by atoms with Gasteiger partial charge in [-0.25, -0.2) is 0 Å². The van der Waals surface area contributed by atoms with Crippen molar-refractivity contribution in [1.29, 1.82) is 0 Å². The molecule has 19 heavy (non-hydrogen) atoms. The van der Waals surface area contributed by atoms with Gasteiger partial charge in [-0.2, -0.15) is 0 Å². The van der Waals surface area contributed by atoms with Crippen LogP contribution in [0.5, 0.6) is 5.75 Å². The topological polar surface area (TPSA) is 75.8 Å². The summed E-state index contributed by atoms with van der Waals surface area (Å²) in [6.45, 7) is 2.46. The Balaban J connectivity index is 2.46. The predicted octanol–water partition coefficient (Wildman–Crippen LogP) is 1.20. The Bertz CT molecular complexity index is 474. The van der Waals surface area contributed by atoms with Crippen LogP contribution >= 0.6 is 0 Å². The van der Waals surface area contributed by atoms with Crippen molar-refractivity contribution >= 4 is 11.6 Å². The highest BCUT2D eigenvalue weighted by molar-refractivity contribution is 5.85. The summed E-state index contributed by atoms with van der Waals surface area (Å²) in [5, 5.41) is 9.98. The highest BCUT2D eigenvalue weighted by Gasteiger charge is 2.31. The zero-order valence-electron chi connectivity index (χ0n) is 11.3. The summed E-state index contributed by atoms with van der Waals surface area (Å²) in [6.07, 6.45) is 1.01. The van der Waals surface area contributed by atoms with Crippen molar-refractivity contribution in [2.45, 2.75) is 31.9 Å². The fraction of sp³-hybridized carbons (Fsp3) is 0.500. The number of aliphatic hydroxyl groups is 1. The second kappa shape index (κ2) is 5.48. The first-order valence-corrected chi connectivity index (χ1v) is 6.47. The first-order valence-electron chi connectivity index (χ1n) is 6.47. The number of hydrogen-bond acceptors (Lipinski definition) is 4. The molecule has 5 heteroatoms.